The zero-order valence-electron chi connectivity index (χ0n) is 15.5. The van der Waals surface area contributed by atoms with E-state index in [1.54, 1.807) is 35.2 Å². The van der Waals surface area contributed by atoms with Crippen molar-refractivity contribution in [2.45, 2.75) is 25.7 Å². The van der Waals surface area contributed by atoms with E-state index >= 15 is 0 Å². The Balaban J connectivity index is 1.65. The van der Waals surface area contributed by atoms with Gasteiger partial charge in [-0.2, -0.15) is 0 Å². The van der Waals surface area contributed by atoms with E-state index in [1.807, 2.05) is 32.0 Å². The average Bonchev–Trinajstić information content (AvgIpc) is 2.61. The van der Waals surface area contributed by atoms with E-state index in [2.05, 4.69) is 4.72 Å². The van der Waals surface area contributed by atoms with Crippen molar-refractivity contribution in [2.24, 2.45) is 0 Å². The molecule has 1 aliphatic rings. The standard InChI is InChI=1S/C20H24N2O4S/c1-15-4-3-5-17(12-15)14-27(24,25)21-19-8-6-18(7-9-19)20(23)22-10-11-26-16(2)13-22/h3-9,12,16,21H,10-11,13-14H2,1-2H3. The first-order valence-corrected chi connectivity index (χ1v) is 10.5. The van der Waals surface area contributed by atoms with Gasteiger partial charge in [0.25, 0.3) is 5.91 Å². The molecule has 0 saturated carbocycles. The molecule has 0 spiro atoms. The van der Waals surface area contributed by atoms with Gasteiger partial charge in [-0.25, -0.2) is 8.42 Å². The number of nitrogens with zero attached hydrogens (tertiary/aromatic N) is 1. The van der Waals surface area contributed by atoms with E-state index in [9.17, 15) is 13.2 Å². The molecule has 1 aliphatic heterocycles. The van der Waals surface area contributed by atoms with Crippen LogP contribution in [-0.2, 0) is 20.5 Å². The van der Waals surface area contributed by atoms with E-state index in [0.717, 1.165) is 11.1 Å². The predicted octanol–water partition coefficient (Wildman–Crippen LogP) is 2.80. The number of hydrogen-bond acceptors (Lipinski definition) is 4. The van der Waals surface area contributed by atoms with Crippen LogP contribution in [0.4, 0.5) is 5.69 Å². The molecule has 0 bridgehead atoms. The number of morpholine rings is 1. The van der Waals surface area contributed by atoms with Crippen molar-refractivity contribution in [1.82, 2.24) is 4.90 Å². The fourth-order valence-electron chi connectivity index (χ4n) is 3.10. The van der Waals surface area contributed by atoms with E-state index in [-0.39, 0.29) is 17.8 Å². The summed E-state index contributed by atoms with van der Waals surface area (Å²) in [5, 5.41) is 0. The van der Waals surface area contributed by atoms with Gasteiger partial charge in [0.05, 0.1) is 18.5 Å². The van der Waals surface area contributed by atoms with Crippen LogP contribution in [-0.4, -0.2) is 45.0 Å². The molecule has 1 amide bonds. The highest BCUT2D eigenvalue weighted by Gasteiger charge is 2.22. The molecule has 7 heteroatoms. The van der Waals surface area contributed by atoms with Crippen molar-refractivity contribution < 1.29 is 17.9 Å². The second-order valence-corrected chi connectivity index (χ2v) is 8.58. The van der Waals surface area contributed by atoms with E-state index < -0.39 is 10.0 Å². The topological polar surface area (TPSA) is 75.7 Å². The summed E-state index contributed by atoms with van der Waals surface area (Å²) in [5.41, 5.74) is 2.72. The largest absolute Gasteiger partial charge is 0.375 e. The predicted molar refractivity (Wildman–Crippen MR) is 105 cm³/mol. The molecule has 1 heterocycles. The number of rotatable bonds is 5. The first-order valence-electron chi connectivity index (χ1n) is 8.89. The lowest BCUT2D eigenvalue weighted by Gasteiger charge is -2.31. The third-order valence-corrected chi connectivity index (χ3v) is 5.63. The molecular weight excluding hydrogens is 364 g/mol. The van der Waals surface area contributed by atoms with Gasteiger partial charge in [0, 0.05) is 24.3 Å². The molecule has 27 heavy (non-hydrogen) atoms. The molecule has 6 nitrogen and oxygen atoms in total. The van der Waals surface area contributed by atoms with Crippen LogP contribution < -0.4 is 4.72 Å². The lowest BCUT2D eigenvalue weighted by Crippen LogP contribution is -2.44. The van der Waals surface area contributed by atoms with E-state index in [4.69, 9.17) is 4.74 Å². The molecule has 1 unspecified atom stereocenters. The van der Waals surface area contributed by atoms with Crippen LogP contribution in [0.15, 0.2) is 48.5 Å². The molecule has 144 valence electrons. The van der Waals surface area contributed by atoms with Gasteiger partial charge in [-0.15, -0.1) is 0 Å². The first-order chi connectivity index (χ1) is 12.8. The summed E-state index contributed by atoms with van der Waals surface area (Å²) in [4.78, 5) is 14.3. The summed E-state index contributed by atoms with van der Waals surface area (Å²) < 4.78 is 32.8. The van der Waals surface area contributed by atoms with Gasteiger partial charge in [-0.3, -0.25) is 9.52 Å². The fraction of sp³-hybridized carbons (Fsp3) is 0.350. The zero-order chi connectivity index (χ0) is 19.4. The number of sulfonamides is 1. The Hall–Kier alpha value is -2.38. The molecule has 1 saturated heterocycles. The second kappa shape index (κ2) is 8.10. The van der Waals surface area contributed by atoms with Crippen LogP contribution in [0.25, 0.3) is 0 Å². The number of carbonyl (C=O) groups is 1. The van der Waals surface area contributed by atoms with Gasteiger partial charge >= 0.3 is 0 Å². The Kier molecular flexibility index (Phi) is 5.82. The number of ether oxygens (including phenoxy) is 1. The van der Waals surface area contributed by atoms with Gasteiger partial charge < -0.3 is 9.64 Å². The Labute approximate surface area is 160 Å². The summed E-state index contributed by atoms with van der Waals surface area (Å²) in [7, 11) is -3.53. The van der Waals surface area contributed by atoms with Crippen LogP contribution in [0.1, 0.15) is 28.4 Å². The van der Waals surface area contributed by atoms with Crippen LogP contribution in [0, 0.1) is 6.92 Å². The minimum atomic E-state index is -3.53. The monoisotopic (exact) mass is 388 g/mol. The molecule has 0 aromatic heterocycles. The average molecular weight is 388 g/mol. The van der Waals surface area contributed by atoms with E-state index in [0.29, 0.717) is 30.9 Å². The van der Waals surface area contributed by atoms with Crippen LogP contribution in [0.3, 0.4) is 0 Å². The van der Waals surface area contributed by atoms with Crippen molar-refractivity contribution in [1.29, 1.82) is 0 Å². The Morgan fingerprint density at radius 1 is 1.22 bits per heavy atom. The molecule has 0 aliphatic carbocycles. The molecule has 1 fully saturated rings. The highest BCUT2D eigenvalue weighted by Crippen LogP contribution is 2.17. The maximum Gasteiger partial charge on any atom is 0.254 e. The SMILES string of the molecule is Cc1cccc(CS(=O)(=O)Nc2ccc(C(=O)N3CCOC(C)C3)cc2)c1. The van der Waals surface area contributed by atoms with Crippen molar-refractivity contribution in [3.63, 3.8) is 0 Å². The third-order valence-electron chi connectivity index (χ3n) is 4.37. The number of carbonyl (C=O) groups excluding carboxylic acids is 1. The van der Waals surface area contributed by atoms with Crippen molar-refractivity contribution >= 4 is 21.6 Å². The summed E-state index contributed by atoms with van der Waals surface area (Å²) in [6, 6.07) is 13.9. The third kappa shape index (κ3) is 5.30. The molecular formula is C20H24N2O4S. The van der Waals surface area contributed by atoms with Gasteiger partial charge in [-0.1, -0.05) is 29.8 Å². The number of benzene rings is 2. The zero-order valence-corrected chi connectivity index (χ0v) is 16.3. The molecule has 0 radical (unpaired) electrons. The van der Waals surface area contributed by atoms with Gasteiger partial charge in [-0.05, 0) is 43.7 Å². The first kappa shape index (κ1) is 19.4. The number of aryl methyl sites for hydroxylation is 1. The summed E-state index contributed by atoms with van der Waals surface area (Å²) in [6.45, 7) is 5.52. The van der Waals surface area contributed by atoms with Crippen molar-refractivity contribution in [2.75, 3.05) is 24.4 Å². The number of amides is 1. The van der Waals surface area contributed by atoms with Crippen LogP contribution in [0.5, 0.6) is 0 Å². The lowest BCUT2D eigenvalue weighted by molar-refractivity contribution is -0.0124. The quantitative estimate of drug-likeness (QED) is 0.855. The fourth-order valence-corrected chi connectivity index (χ4v) is 4.29. The summed E-state index contributed by atoms with van der Waals surface area (Å²) in [5.74, 6) is -0.166. The molecule has 1 atom stereocenters. The minimum Gasteiger partial charge on any atom is -0.375 e. The number of hydrogen-bond donors (Lipinski definition) is 1. The smallest absolute Gasteiger partial charge is 0.254 e. The van der Waals surface area contributed by atoms with Crippen LogP contribution in [0.2, 0.25) is 0 Å². The molecule has 2 aromatic carbocycles. The minimum absolute atomic E-state index is 0.0235. The highest BCUT2D eigenvalue weighted by molar-refractivity contribution is 7.91. The normalized spacial score (nSPS) is 17.6. The summed E-state index contributed by atoms with van der Waals surface area (Å²) >= 11 is 0. The number of anilines is 1. The number of nitrogens with one attached hydrogen (secondary N) is 1. The van der Waals surface area contributed by atoms with Crippen molar-refractivity contribution in [3.05, 3.63) is 65.2 Å². The van der Waals surface area contributed by atoms with Gasteiger partial charge in [0.1, 0.15) is 0 Å². The Bertz CT molecular complexity index is 910. The molecule has 2 aromatic rings. The maximum atomic E-state index is 12.5. The van der Waals surface area contributed by atoms with Crippen LogP contribution >= 0.6 is 0 Å². The Morgan fingerprint density at radius 3 is 2.63 bits per heavy atom. The molecule has 3 rings (SSSR count). The van der Waals surface area contributed by atoms with Gasteiger partial charge in [0.15, 0.2) is 0 Å². The van der Waals surface area contributed by atoms with E-state index in [1.165, 1.54) is 0 Å². The summed E-state index contributed by atoms with van der Waals surface area (Å²) in [6.07, 6.45) is 0.0235. The Morgan fingerprint density at radius 2 is 1.96 bits per heavy atom. The maximum absolute atomic E-state index is 12.5. The molecule has 1 N–H and O–H groups in total. The second-order valence-electron chi connectivity index (χ2n) is 6.86. The highest BCUT2D eigenvalue weighted by atomic mass is 32.2. The van der Waals surface area contributed by atoms with Crippen molar-refractivity contribution in [3.8, 4) is 0 Å². The lowest BCUT2D eigenvalue weighted by atomic mass is 10.1. The van der Waals surface area contributed by atoms with Gasteiger partial charge in [0.2, 0.25) is 10.0 Å².